The maximum absolute atomic E-state index is 10.9. The minimum atomic E-state index is -0.771. The van der Waals surface area contributed by atoms with Crippen molar-refractivity contribution in [1.29, 1.82) is 0 Å². The van der Waals surface area contributed by atoms with Gasteiger partial charge in [-0.15, -0.1) is 0 Å². The Hall–Kier alpha value is -4.23. The number of carboxylic acids is 1. The van der Waals surface area contributed by atoms with Crippen LogP contribution >= 0.6 is 0 Å². The summed E-state index contributed by atoms with van der Waals surface area (Å²) < 4.78 is 12.2. The molecule has 7 heteroatoms. The second-order valence-corrected chi connectivity index (χ2v) is 9.59. The van der Waals surface area contributed by atoms with Gasteiger partial charge in [0.1, 0.15) is 11.5 Å². The summed E-state index contributed by atoms with van der Waals surface area (Å²) in [6.45, 7) is 4.18. The zero-order chi connectivity index (χ0) is 28.2. The van der Waals surface area contributed by atoms with Crippen molar-refractivity contribution < 1.29 is 23.9 Å². The van der Waals surface area contributed by atoms with Gasteiger partial charge in [0, 0.05) is 17.5 Å². The summed E-state index contributed by atoms with van der Waals surface area (Å²) in [5.74, 6) is 0.468. The normalized spacial score (nSPS) is 12.3. The van der Waals surface area contributed by atoms with Crippen LogP contribution in [0.1, 0.15) is 73.5 Å². The molecule has 0 spiro atoms. The molecule has 1 aromatic heterocycles. The highest BCUT2D eigenvalue weighted by atomic mass is 16.8. The molecule has 4 aromatic rings. The standard InChI is InChI=1S/C33H36N2O5/c1-3-25-19-21-28(22-20-25)33(38-23-30-24(2)39-32(34-30)27-15-9-5-10-16-27)40-35-29(26-13-7-4-8-14-26)17-11-6-12-18-31(36)37/h4-5,7-10,13-16,19-22,33H,3,6,11-12,17-18,23H2,1-2H3,(H,36,37)/b35-29+. The maximum atomic E-state index is 10.9. The van der Waals surface area contributed by atoms with E-state index in [4.69, 9.17) is 19.1 Å². The molecule has 40 heavy (non-hydrogen) atoms. The molecule has 1 unspecified atom stereocenters. The number of nitrogens with zero attached hydrogens (tertiary/aromatic N) is 2. The molecule has 1 atom stereocenters. The van der Waals surface area contributed by atoms with Crippen LogP contribution in [-0.4, -0.2) is 21.8 Å². The van der Waals surface area contributed by atoms with Crippen LogP contribution in [0.2, 0.25) is 0 Å². The third-order valence-electron chi connectivity index (χ3n) is 6.61. The van der Waals surface area contributed by atoms with E-state index in [9.17, 15) is 4.79 Å². The van der Waals surface area contributed by atoms with E-state index < -0.39 is 12.3 Å². The van der Waals surface area contributed by atoms with E-state index in [2.05, 4.69) is 29.2 Å². The van der Waals surface area contributed by atoms with E-state index in [1.807, 2.05) is 79.7 Å². The van der Waals surface area contributed by atoms with Gasteiger partial charge in [0.15, 0.2) is 0 Å². The molecular weight excluding hydrogens is 504 g/mol. The Morgan fingerprint density at radius 3 is 2.27 bits per heavy atom. The average molecular weight is 541 g/mol. The smallest absolute Gasteiger partial charge is 0.303 e. The molecule has 1 N–H and O–H groups in total. The van der Waals surface area contributed by atoms with Crippen LogP contribution in [0.15, 0.2) is 94.5 Å². The molecule has 0 radical (unpaired) electrons. The summed E-state index contributed by atoms with van der Waals surface area (Å²) in [5, 5.41) is 13.5. The molecule has 208 valence electrons. The van der Waals surface area contributed by atoms with Crippen molar-refractivity contribution in [1.82, 2.24) is 4.98 Å². The van der Waals surface area contributed by atoms with E-state index in [1.165, 1.54) is 5.56 Å². The van der Waals surface area contributed by atoms with Crippen LogP contribution < -0.4 is 0 Å². The number of ether oxygens (including phenoxy) is 1. The lowest BCUT2D eigenvalue weighted by Crippen LogP contribution is -2.10. The summed E-state index contributed by atoms with van der Waals surface area (Å²) in [4.78, 5) is 21.6. The lowest BCUT2D eigenvalue weighted by molar-refractivity contribution is -0.155. The molecule has 1 heterocycles. The Kier molecular flexibility index (Phi) is 10.6. The first-order chi connectivity index (χ1) is 19.5. The highest BCUT2D eigenvalue weighted by Crippen LogP contribution is 2.26. The number of carbonyl (C=O) groups is 1. The van der Waals surface area contributed by atoms with Crippen molar-refractivity contribution in [2.24, 2.45) is 5.16 Å². The molecule has 0 aliphatic heterocycles. The summed E-state index contributed by atoms with van der Waals surface area (Å²) in [6.07, 6.45) is 3.25. The Bertz CT molecular complexity index is 1370. The molecule has 4 rings (SSSR count). The minimum absolute atomic E-state index is 0.172. The molecule has 0 amide bonds. The fourth-order valence-electron chi connectivity index (χ4n) is 4.25. The Morgan fingerprint density at radius 1 is 0.925 bits per heavy atom. The highest BCUT2D eigenvalue weighted by molar-refractivity contribution is 6.00. The van der Waals surface area contributed by atoms with Crippen molar-refractivity contribution in [3.63, 3.8) is 0 Å². The van der Waals surface area contributed by atoms with Gasteiger partial charge in [-0.25, -0.2) is 4.98 Å². The van der Waals surface area contributed by atoms with Crippen LogP contribution in [-0.2, 0) is 27.4 Å². The number of hydrogen-bond acceptors (Lipinski definition) is 6. The summed E-state index contributed by atoms with van der Waals surface area (Å²) in [7, 11) is 0. The molecule has 0 aliphatic rings. The van der Waals surface area contributed by atoms with Crippen LogP contribution in [0, 0.1) is 6.92 Å². The summed E-state index contributed by atoms with van der Waals surface area (Å²) in [6, 6.07) is 27.8. The van der Waals surface area contributed by atoms with Crippen molar-refractivity contribution in [3.05, 3.63) is 113 Å². The van der Waals surface area contributed by atoms with Crippen molar-refractivity contribution in [2.45, 2.75) is 65.3 Å². The zero-order valence-corrected chi connectivity index (χ0v) is 23.1. The van der Waals surface area contributed by atoms with Gasteiger partial charge in [-0.1, -0.05) is 91.3 Å². The van der Waals surface area contributed by atoms with Crippen molar-refractivity contribution in [3.8, 4) is 11.5 Å². The number of carboxylic acid groups (broad SMARTS) is 1. The van der Waals surface area contributed by atoms with Gasteiger partial charge >= 0.3 is 5.97 Å². The maximum Gasteiger partial charge on any atom is 0.303 e. The van der Waals surface area contributed by atoms with Crippen LogP contribution in [0.4, 0.5) is 0 Å². The Balaban J connectivity index is 1.52. The number of rotatable bonds is 15. The molecule has 0 aliphatic carbocycles. The van der Waals surface area contributed by atoms with Crippen molar-refractivity contribution >= 4 is 11.7 Å². The number of hydrogen-bond donors (Lipinski definition) is 1. The van der Waals surface area contributed by atoms with Gasteiger partial charge in [-0.05, 0) is 55.9 Å². The molecular formula is C33H36N2O5. The van der Waals surface area contributed by atoms with Gasteiger partial charge in [0.05, 0.1) is 12.3 Å². The first kappa shape index (κ1) is 28.8. The predicted molar refractivity (Wildman–Crippen MR) is 155 cm³/mol. The first-order valence-corrected chi connectivity index (χ1v) is 13.8. The largest absolute Gasteiger partial charge is 0.481 e. The van der Waals surface area contributed by atoms with Crippen LogP contribution in [0.25, 0.3) is 11.5 Å². The Morgan fingerprint density at radius 2 is 1.60 bits per heavy atom. The second kappa shape index (κ2) is 14.8. The lowest BCUT2D eigenvalue weighted by atomic mass is 10.0. The van der Waals surface area contributed by atoms with Gasteiger partial charge in [0.25, 0.3) is 6.29 Å². The van der Waals surface area contributed by atoms with Crippen LogP contribution in [0.3, 0.4) is 0 Å². The SMILES string of the molecule is CCc1ccc(C(OCc2nc(-c3ccccc3)oc2C)O/N=C(\CCCCCC(=O)O)c2ccccc2)cc1. The lowest BCUT2D eigenvalue weighted by Gasteiger charge is -2.17. The van der Waals surface area contributed by atoms with Gasteiger partial charge in [-0.2, -0.15) is 0 Å². The summed E-state index contributed by atoms with van der Waals surface area (Å²) in [5.41, 5.74) is 5.42. The number of benzene rings is 3. The van der Waals surface area contributed by atoms with Gasteiger partial charge in [-0.3, -0.25) is 4.79 Å². The molecule has 0 saturated heterocycles. The van der Waals surface area contributed by atoms with E-state index in [-0.39, 0.29) is 13.0 Å². The second-order valence-electron chi connectivity index (χ2n) is 9.59. The number of aromatic nitrogens is 1. The van der Waals surface area contributed by atoms with E-state index >= 15 is 0 Å². The van der Waals surface area contributed by atoms with Gasteiger partial charge < -0.3 is 19.1 Å². The van der Waals surface area contributed by atoms with Gasteiger partial charge in [0.2, 0.25) is 5.89 Å². The number of oxime groups is 1. The fourth-order valence-corrected chi connectivity index (χ4v) is 4.25. The molecule has 3 aromatic carbocycles. The topological polar surface area (TPSA) is 94.2 Å². The molecule has 0 bridgehead atoms. The molecule has 0 fully saturated rings. The molecule has 0 saturated carbocycles. The molecule has 7 nitrogen and oxygen atoms in total. The fraction of sp³-hybridized carbons (Fsp3) is 0.303. The third kappa shape index (κ3) is 8.38. The first-order valence-electron chi connectivity index (χ1n) is 13.8. The number of aliphatic carboxylic acids is 1. The predicted octanol–water partition coefficient (Wildman–Crippen LogP) is 7.88. The van der Waals surface area contributed by atoms with E-state index in [1.54, 1.807) is 0 Å². The monoisotopic (exact) mass is 540 g/mol. The quantitative estimate of drug-likeness (QED) is 0.0713. The van der Waals surface area contributed by atoms with Crippen molar-refractivity contribution in [2.75, 3.05) is 0 Å². The Labute approximate surface area is 235 Å². The average Bonchev–Trinajstić information content (AvgIpc) is 3.37. The number of aryl methyl sites for hydroxylation is 2. The number of oxazole rings is 1. The third-order valence-corrected chi connectivity index (χ3v) is 6.61. The number of unbranched alkanes of at least 4 members (excludes halogenated alkanes) is 2. The van der Waals surface area contributed by atoms with E-state index in [0.717, 1.165) is 41.7 Å². The highest BCUT2D eigenvalue weighted by Gasteiger charge is 2.18. The zero-order valence-electron chi connectivity index (χ0n) is 23.1. The van der Waals surface area contributed by atoms with E-state index in [0.29, 0.717) is 30.2 Å². The van der Waals surface area contributed by atoms with Crippen LogP contribution in [0.5, 0.6) is 0 Å². The summed E-state index contributed by atoms with van der Waals surface area (Å²) >= 11 is 0. The minimum Gasteiger partial charge on any atom is -0.481 e.